The Morgan fingerprint density at radius 1 is 1.29 bits per heavy atom. The molecule has 92 valence electrons. The summed E-state index contributed by atoms with van der Waals surface area (Å²) in [7, 11) is -3.41. The Labute approximate surface area is 101 Å². The maximum atomic E-state index is 11.8. The second-order valence-corrected chi connectivity index (χ2v) is 6.45. The average Bonchev–Trinajstić information content (AvgIpc) is 2.44. The third-order valence-corrected chi connectivity index (χ3v) is 4.81. The fourth-order valence-electron chi connectivity index (χ4n) is 1.90. The van der Waals surface area contributed by atoms with E-state index in [1.54, 1.807) is 6.92 Å². The molecule has 0 N–H and O–H groups in total. The van der Waals surface area contributed by atoms with Crippen molar-refractivity contribution in [1.82, 2.24) is 4.31 Å². The molecular weight excluding hydrogens is 238 g/mol. The summed E-state index contributed by atoms with van der Waals surface area (Å²) in [5.74, 6) is -0.798. The number of carbonyl (C=O) groups excluding carboxylic acids is 1. The van der Waals surface area contributed by atoms with Gasteiger partial charge in [0, 0.05) is 0 Å². The van der Waals surface area contributed by atoms with Crippen LogP contribution in [0, 0.1) is 12.8 Å². The van der Waals surface area contributed by atoms with Gasteiger partial charge < -0.3 is 0 Å². The van der Waals surface area contributed by atoms with Crippen LogP contribution in [0.3, 0.4) is 0 Å². The third-order valence-electron chi connectivity index (χ3n) is 2.91. The minimum Gasteiger partial charge on any atom is -0.273 e. The van der Waals surface area contributed by atoms with E-state index in [2.05, 4.69) is 0 Å². The summed E-state index contributed by atoms with van der Waals surface area (Å²) in [6.07, 6.45) is 0. The second-order valence-electron chi connectivity index (χ2n) is 4.51. The molecule has 1 unspecified atom stereocenters. The molecule has 1 aliphatic rings. The van der Waals surface area contributed by atoms with Gasteiger partial charge in [0.1, 0.15) is 0 Å². The van der Waals surface area contributed by atoms with Crippen LogP contribution in [0.1, 0.15) is 18.1 Å². The highest BCUT2D eigenvalue weighted by molar-refractivity contribution is 7.90. The van der Waals surface area contributed by atoms with Crippen LogP contribution in [-0.2, 0) is 21.4 Å². The highest BCUT2D eigenvalue weighted by Gasteiger charge is 2.40. The van der Waals surface area contributed by atoms with Gasteiger partial charge in [0.15, 0.2) is 0 Å². The molecule has 1 aromatic rings. The Balaban J connectivity index is 2.24. The maximum Gasteiger partial charge on any atom is 0.240 e. The van der Waals surface area contributed by atoms with Gasteiger partial charge in [-0.05, 0) is 12.5 Å². The number of nitrogens with zero attached hydrogens (tertiary/aromatic N) is 1. The number of aryl methyl sites for hydroxylation is 1. The van der Waals surface area contributed by atoms with Gasteiger partial charge in [0.05, 0.1) is 18.2 Å². The third kappa shape index (κ3) is 2.34. The van der Waals surface area contributed by atoms with Crippen LogP contribution in [0.5, 0.6) is 0 Å². The number of hydrogen-bond acceptors (Lipinski definition) is 3. The molecule has 2 rings (SSSR count). The second kappa shape index (κ2) is 4.14. The summed E-state index contributed by atoms with van der Waals surface area (Å²) in [5, 5.41) is 0. The lowest BCUT2D eigenvalue weighted by atomic mass is 10.1. The molecule has 0 saturated carbocycles. The van der Waals surface area contributed by atoms with Crippen molar-refractivity contribution >= 4 is 15.9 Å². The summed E-state index contributed by atoms with van der Waals surface area (Å²) in [5.41, 5.74) is 1.94. The first-order valence-electron chi connectivity index (χ1n) is 5.50. The van der Waals surface area contributed by atoms with Crippen molar-refractivity contribution in [2.24, 2.45) is 5.92 Å². The largest absolute Gasteiger partial charge is 0.273 e. The van der Waals surface area contributed by atoms with Crippen molar-refractivity contribution in [1.29, 1.82) is 0 Å². The lowest BCUT2D eigenvalue weighted by Crippen LogP contribution is -2.29. The fourth-order valence-corrected chi connectivity index (χ4v) is 3.65. The Morgan fingerprint density at radius 3 is 2.35 bits per heavy atom. The number of amides is 1. The van der Waals surface area contributed by atoms with Crippen LogP contribution in [0.25, 0.3) is 0 Å². The zero-order valence-electron chi connectivity index (χ0n) is 9.88. The minimum atomic E-state index is -3.41. The average molecular weight is 253 g/mol. The molecular formula is C12H15NO3S. The van der Waals surface area contributed by atoms with Crippen LogP contribution >= 0.6 is 0 Å². The van der Waals surface area contributed by atoms with Crippen LogP contribution in [0.4, 0.5) is 0 Å². The van der Waals surface area contributed by atoms with Gasteiger partial charge in [-0.2, -0.15) is 0 Å². The van der Waals surface area contributed by atoms with E-state index in [0.717, 1.165) is 15.4 Å². The van der Waals surface area contributed by atoms with Crippen molar-refractivity contribution in [3.63, 3.8) is 0 Å². The summed E-state index contributed by atoms with van der Waals surface area (Å²) in [4.78, 5) is 11.7. The van der Waals surface area contributed by atoms with E-state index in [4.69, 9.17) is 0 Å². The Morgan fingerprint density at radius 2 is 1.88 bits per heavy atom. The predicted molar refractivity (Wildman–Crippen MR) is 64.7 cm³/mol. The highest BCUT2D eigenvalue weighted by atomic mass is 32.2. The molecule has 1 heterocycles. The molecule has 1 fully saturated rings. The molecule has 0 bridgehead atoms. The Bertz CT molecular complexity index is 533. The molecule has 17 heavy (non-hydrogen) atoms. The summed E-state index contributed by atoms with van der Waals surface area (Å²) >= 11 is 0. The van der Waals surface area contributed by atoms with E-state index >= 15 is 0 Å². The van der Waals surface area contributed by atoms with Gasteiger partial charge in [-0.15, -0.1) is 0 Å². The van der Waals surface area contributed by atoms with E-state index in [9.17, 15) is 13.2 Å². The molecule has 4 nitrogen and oxygen atoms in total. The van der Waals surface area contributed by atoms with E-state index in [-0.39, 0.29) is 18.2 Å². The zero-order valence-corrected chi connectivity index (χ0v) is 10.7. The van der Waals surface area contributed by atoms with E-state index in [1.165, 1.54) is 0 Å². The van der Waals surface area contributed by atoms with Crippen LogP contribution in [-0.4, -0.2) is 24.4 Å². The topological polar surface area (TPSA) is 54.5 Å². The standard InChI is InChI=1S/C12H15NO3S/c1-9-3-5-11(6-4-9)7-13-12(14)10(2)8-17(13,15)16/h3-6,10H,7-8H2,1-2H3. The van der Waals surface area contributed by atoms with Crippen molar-refractivity contribution in [3.05, 3.63) is 35.4 Å². The summed E-state index contributed by atoms with van der Waals surface area (Å²) in [6, 6.07) is 7.51. The Kier molecular flexibility index (Phi) is 2.95. The van der Waals surface area contributed by atoms with E-state index < -0.39 is 15.9 Å². The normalized spacial score (nSPS) is 23.1. The first-order valence-corrected chi connectivity index (χ1v) is 7.11. The molecule has 0 aliphatic carbocycles. The maximum absolute atomic E-state index is 11.8. The molecule has 1 aliphatic heterocycles. The van der Waals surface area contributed by atoms with Gasteiger partial charge in [-0.1, -0.05) is 36.8 Å². The molecule has 0 radical (unpaired) electrons. The van der Waals surface area contributed by atoms with Crippen molar-refractivity contribution in [2.45, 2.75) is 20.4 Å². The first-order chi connectivity index (χ1) is 7.90. The molecule has 1 saturated heterocycles. The molecule has 1 amide bonds. The van der Waals surface area contributed by atoms with E-state index in [0.29, 0.717) is 0 Å². The van der Waals surface area contributed by atoms with Gasteiger partial charge in [0.2, 0.25) is 15.9 Å². The van der Waals surface area contributed by atoms with Gasteiger partial charge in [-0.25, -0.2) is 12.7 Å². The molecule has 0 aromatic heterocycles. The molecule has 0 spiro atoms. The summed E-state index contributed by atoms with van der Waals surface area (Å²) < 4.78 is 24.5. The summed E-state index contributed by atoms with van der Waals surface area (Å²) in [6.45, 7) is 3.75. The van der Waals surface area contributed by atoms with Gasteiger partial charge in [-0.3, -0.25) is 4.79 Å². The highest BCUT2D eigenvalue weighted by Crippen LogP contribution is 2.23. The van der Waals surface area contributed by atoms with Crippen LogP contribution in [0.2, 0.25) is 0 Å². The fraction of sp³-hybridized carbons (Fsp3) is 0.417. The molecule has 1 aromatic carbocycles. The molecule has 5 heteroatoms. The first kappa shape index (κ1) is 12.1. The van der Waals surface area contributed by atoms with Gasteiger partial charge >= 0.3 is 0 Å². The van der Waals surface area contributed by atoms with Crippen molar-refractivity contribution < 1.29 is 13.2 Å². The number of sulfonamides is 1. The number of hydrogen-bond donors (Lipinski definition) is 0. The lowest BCUT2D eigenvalue weighted by molar-refractivity contribution is -0.128. The Hall–Kier alpha value is -1.36. The van der Waals surface area contributed by atoms with Crippen molar-refractivity contribution in [2.75, 3.05) is 5.75 Å². The predicted octanol–water partition coefficient (Wildman–Crippen LogP) is 1.30. The zero-order chi connectivity index (χ0) is 12.6. The smallest absolute Gasteiger partial charge is 0.240 e. The minimum absolute atomic E-state index is 0.0717. The van der Waals surface area contributed by atoms with Crippen molar-refractivity contribution in [3.8, 4) is 0 Å². The van der Waals surface area contributed by atoms with Gasteiger partial charge in [0.25, 0.3) is 0 Å². The number of benzene rings is 1. The SMILES string of the molecule is Cc1ccc(CN2C(=O)C(C)CS2(=O)=O)cc1. The quantitative estimate of drug-likeness (QED) is 0.798. The lowest BCUT2D eigenvalue weighted by Gasteiger charge is -2.15. The van der Waals surface area contributed by atoms with E-state index in [1.807, 2.05) is 31.2 Å². The number of carbonyl (C=O) groups is 1. The molecule has 1 atom stereocenters. The van der Waals surface area contributed by atoms with Crippen LogP contribution < -0.4 is 0 Å². The number of rotatable bonds is 2. The monoisotopic (exact) mass is 253 g/mol. The van der Waals surface area contributed by atoms with Crippen LogP contribution in [0.15, 0.2) is 24.3 Å².